The van der Waals surface area contributed by atoms with Gasteiger partial charge in [-0.3, -0.25) is 4.79 Å². The third-order valence-corrected chi connectivity index (χ3v) is 6.39. The zero-order valence-corrected chi connectivity index (χ0v) is 19.3. The number of amides is 1. The van der Waals surface area contributed by atoms with Crippen molar-refractivity contribution in [1.29, 1.82) is 0 Å². The first-order valence-corrected chi connectivity index (χ1v) is 11.6. The van der Waals surface area contributed by atoms with Crippen LogP contribution in [0.5, 0.6) is 0 Å². The third kappa shape index (κ3) is 4.03. The van der Waals surface area contributed by atoms with Gasteiger partial charge < -0.3 is 5.32 Å². The molecule has 0 saturated carbocycles. The summed E-state index contributed by atoms with van der Waals surface area (Å²) in [6.07, 6.45) is 4.88. The van der Waals surface area contributed by atoms with Crippen LogP contribution >= 0.6 is 11.3 Å². The van der Waals surface area contributed by atoms with Crippen molar-refractivity contribution in [1.82, 2.24) is 34.8 Å². The minimum atomic E-state index is -0.184. The van der Waals surface area contributed by atoms with Crippen LogP contribution in [0.25, 0.3) is 27.3 Å². The summed E-state index contributed by atoms with van der Waals surface area (Å²) >= 11 is 1.60. The molecule has 0 aliphatic heterocycles. The Morgan fingerprint density at radius 1 is 1.09 bits per heavy atom. The van der Waals surface area contributed by atoms with Gasteiger partial charge in [0.2, 0.25) is 0 Å². The van der Waals surface area contributed by atoms with Crippen LogP contribution in [-0.4, -0.2) is 35.4 Å². The number of aromatic nitrogens is 6. The molecule has 4 heterocycles. The molecule has 0 radical (unpaired) electrons. The van der Waals surface area contributed by atoms with Gasteiger partial charge >= 0.3 is 0 Å². The van der Waals surface area contributed by atoms with Crippen LogP contribution in [0.15, 0.2) is 66.7 Å². The Morgan fingerprint density at radius 3 is 2.58 bits per heavy atom. The number of benzene rings is 1. The Bertz CT molecular complexity index is 1390. The highest BCUT2D eigenvalue weighted by molar-refractivity contribution is 7.13. The Balaban J connectivity index is 1.46. The second-order valence-corrected chi connectivity index (χ2v) is 9.03. The molecule has 33 heavy (non-hydrogen) atoms. The van der Waals surface area contributed by atoms with Gasteiger partial charge in [-0.25, -0.2) is 19.3 Å². The van der Waals surface area contributed by atoms with Gasteiger partial charge in [0.05, 0.1) is 39.4 Å². The van der Waals surface area contributed by atoms with Crippen molar-refractivity contribution >= 4 is 28.3 Å². The first-order valence-electron chi connectivity index (χ1n) is 10.7. The van der Waals surface area contributed by atoms with Gasteiger partial charge in [-0.1, -0.05) is 18.2 Å². The molecule has 1 unspecified atom stereocenters. The minimum absolute atomic E-state index is 0.131. The van der Waals surface area contributed by atoms with Crippen LogP contribution < -0.4 is 5.32 Å². The van der Waals surface area contributed by atoms with Crippen LogP contribution in [0.4, 0.5) is 0 Å². The molecule has 0 fully saturated rings. The van der Waals surface area contributed by atoms with Crippen LogP contribution in [0.3, 0.4) is 0 Å². The van der Waals surface area contributed by atoms with Crippen LogP contribution in [0.2, 0.25) is 0 Å². The van der Waals surface area contributed by atoms with Crippen molar-refractivity contribution in [3.05, 3.63) is 77.8 Å². The predicted molar refractivity (Wildman–Crippen MR) is 128 cm³/mol. The summed E-state index contributed by atoms with van der Waals surface area (Å²) in [4.78, 5) is 23.2. The average Bonchev–Trinajstić information content (AvgIpc) is 3.60. The van der Waals surface area contributed by atoms with Crippen LogP contribution in [-0.2, 0) is 0 Å². The Hall–Kier alpha value is -3.85. The van der Waals surface area contributed by atoms with Gasteiger partial charge in [0.1, 0.15) is 12.7 Å². The maximum Gasteiger partial charge on any atom is 0.252 e. The van der Waals surface area contributed by atoms with E-state index in [9.17, 15) is 4.79 Å². The second-order valence-electron chi connectivity index (χ2n) is 8.08. The summed E-state index contributed by atoms with van der Waals surface area (Å²) in [5.74, 6) is -0.156. The van der Waals surface area contributed by atoms with Gasteiger partial charge in [0.25, 0.3) is 5.91 Å². The van der Waals surface area contributed by atoms with Crippen molar-refractivity contribution in [2.45, 2.75) is 32.9 Å². The molecular weight excluding hydrogens is 434 g/mol. The standard InChI is InChI=1S/C24H23N7OS/c1-15(2)31-23-20(12-26-31)19(11-21(29-23)22-5-4-10-33-22)24(32)28-16(3)17-6-8-18(9-7-17)30-14-25-13-27-30/h4-16H,1-3H3,(H,28,32). The van der Waals surface area contributed by atoms with Gasteiger partial charge in [-0.2, -0.15) is 10.2 Å². The van der Waals surface area contributed by atoms with Gasteiger partial charge in [-0.05, 0) is 56.0 Å². The number of hydrogen-bond acceptors (Lipinski definition) is 6. The van der Waals surface area contributed by atoms with Crippen LogP contribution in [0.1, 0.15) is 48.8 Å². The molecule has 1 atom stereocenters. The molecule has 0 aliphatic rings. The maximum atomic E-state index is 13.4. The lowest BCUT2D eigenvalue weighted by molar-refractivity contribution is 0.0941. The zero-order chi connectivity index (χ0) is 22.9. The number of carbonyl (C=O) groups excluding carboxylic acids is 1. The SMILES string of the molecule is CC(NC(=O)c1cc(-c2cccs2)nc2c1cnn2C(C)C)c1ccc(-n2cncn2)cc1. The summed E-state index contributed by atoms with van der Waals surface area (Å²) < 4.78 is 3.55. The van der Waals surface area contributed by atoms with E-state index in [1.807, 2.05) is 59.5 Å². The second kappa shape index (κ2) is 8.59. The van der Waals surface area contributed by atoms with E-state index >= 15 is 0 Å². The highest BCUT2D eigenvalue weighted by Gasteiger charge is 2.20. The van der Waals surface area contributed by atoms with Gasteiger partial charge in [0.15, 0.2) is 5.65 Å². The molecule has 166 valence electrons. The molecule has 1 N–H and O–H groups in total. The number of fused-ring (bicyclic) bond motifs is 1. The summed E-state index contributed by atoms with van der Waals surface area (Å²) in [6, 6.07) is 13.7. The predicted octanol–water partition coefficient (Wildman–Crippen LogP) is 4.81. The van der Waals surface area contributed by atoms with E-state index in [1.54, 1.807) is 28.5 Å². The molecule has 9 heteroatoms. The Morgan fingerprint density at radius 2 is 1.91 bits per heavy atom. The fraction of sp³-hybridized carbons (Fsp3) is 0.208. The molecule has 5 aromatic rings. The summed E-state index contributed by atoms with van der Waals surface area (Å²) in [7, 11) is 0. The Labute approximate surface area is 194 Å². The number of nitrogens with one attached hydrogen (secondary N) is 1. The van der Waals surface area contributed by atoms with E-state index in [4.69, 9.17) is 4.98 Å². The topological polar surface area (TPSA) is 90.5 Å². The molecule has 0 aliphatic carbocycles. The monoisotopic (exact) mass is 457 g/mol. The summed E-state index contributed by atoms with van der Waals surface area (Å²) in [5, 5.41) is 14.5. The first-order chi connectivity index (χ1) is 16.0. The smallest absolute Gasteiger partial charge is 0.252 e. The lowest BCUT2D eigenvalue weighted by Gasteiger charge is -2.16. The molecule has 4 aromatic heterocycles. The number of pyridine rings is 1. The van der Waals surface area contributed by atoms with E-state index in [2.05, 4.69) is 34.3 Å². The van der Waals surface area contributed by atoms with E-state index in [0.29, 0.717) is 11.2 Å². The summed E-state index contributed by atoms with van der Waals surface area (Å²) in [5.41, 5.74) is 3.96. The van der Waals surface area contributed by atoms with Gasteiger partial charge in [-0.15, -0.1) is 11.3 Å². The van der Waals surface area contributed by atoms with Crippen molar-refractivity contribution < 1.29 is 4.79 Å². The van der Waals surface area contributed by atoms with Crippen molar-refractivity contribution in [3.8, 4) is 16.3 Å². The molecule has 1 aromatic carbocycles. The van der Waals surface area contributed by atoms with Gasteiger partial charge in [0, 0.05) is 6.04 Å². The van der Waals surface area contributed by atoms with E-state index in [0.717, 1.165) is 27.2 Å². The fourth-order valence-electron chi connectivity index (χ4n) is 3.75. The Kier molecular flexibility index (Phi) is 5.47. The number of rotatable bonds is 6. The number of carbonyl (C=O) groups is 1. The maximum absolute atomic E-state index is 13.4. The number of nitrogens with zero attached hydrogens (tertiary/aromatic N) is 6. The minimum Gasteiger partial charge on any atom is -0.345 e. The van der Waals surface area contributed by atoms with E-state index in [1.165, 1.54) is 6.33 Å². The highest BCUT2D eigenvalue weighted by atomic mass is 32.1. The molecular formula is C24H23N7OS. The highest BCUT2D eigenvalue weighted by Crippen LogP contribution is 2.29. The fourth-order valence-corrected chi connectivity index (χ4v) is 4.44. The normalized spacial score (nSPS) is 12.4. The zero-order valence-electron chi connectivity index (χ0n) is 18.5. The first kappa shape index (κ1) is 21.0. The molecule has 0 saturated heterocycles. The number of thiophene rings is 1. The number of hydrogen-bond donors (Lipinski definition) is 1. The largest absolute Gasteiger partial charge is 0.345 e. The molecule has 5 rings (SSSR count). The molecule has 1 amide bonds. The van der Waals surface area contributed by atoms with E-state index in [-0.39, 0.29) is 18.0 Å². The molecule has 0 bridgehead atoms. The van der Waals surface area contributed by atoms with Crippen molar-refractivity contribution in [2.75, 3.05) is 0 Å². The van der Waals surface area contributed by atoms with E-state index < -0.39 is 0 Å². The van der Waals surface area contributed by atoms with Crippen LogP contribution in [0, 0.1) is 0 Å². The van der Waals surface area contributed by atoms with Crippen molar-refractivity contribution in [3.63, 3.8) is 0 Å². The summed E-state index contributed by atoms with van der Waals surface area (Å²) in [6.45, 7) is 6.08. The third-order valence-electron chi connectivity index (χ3n) is 5.50. The average molecular weight is 458 g/mol. The molecule has 8 nitrogen and oxygen atoms in total. The quantitative estimate of drug-likeness (QED) is 0.395. The van der Waals surface area contributed by atoms with Crippen molar-refractivity contribution in [2.24, 2.45) is 0 Å². The lowest BCUT2D eigenvalue weighted by atomic mass is 10.1. The molecule has 0 spiro atoms. The lowest BCUT2D eigenvalue weighted by Crippen LogP contribution is -2.27.